The number of hydrogen-bond acceptors (Lipinski definition) is 4. The maximum absolute atomic E-state index is 4.35. The molecule has 0 radical (unpaired) electrons. The van der Waals surface area contributed by atoms with E-state index in [0.29, 0.717) is 0 Å². The van der Waals surface area contributed by atoms with Crippen molar-refractivity contribution in [1.29, 1.82) is 0 Å². The fourth-order valence-electron chi connectivity index (χ4n) is 1.51. The topological polar surface area (TPSA) is 27.6 Å². The molecule has 3 nitrogen and oxygen atoms in total. The predicted molar refractivity (Wildman–Crippen MR) is 65.2 cm³/mol. The van der Waals surface area contributed by atoms with Crippen LogP contribution in [0.3, 0.4) is 0 Å². The molecule has 0 saturated carbocycles. The smallest absolute Gasteiger partial charge is 0.156 e. The van der Waals surface area contributed by atoms with E-state index in [1.165, 1.54) is 13.0 Å². The third kappa shape index (κ3) is 4.33. The zero-order chi connectivity index (χ0) is 10.2. The van der Waals surface area contributed by atoms with Crippen LogP contribution in [0, 0.1) is 0 Å². The first-order valence-corrected chi connectivity index (χ1v) is 6.48. The summed E-state index contributed by atoms with van der Waals surface area (Å²) in [7, 11) is 0. The van der Waals surface area contributed by atoms with Gasteiger partial charge in [0.25, 0.3) is 0 Å². The van der Waals surface area contributed by atoms with Gasteiger partial charge in [-0.2, -0.15) is 0 Å². The molecular weight excluding hydrogens is 194 g/mol. The fourth-order valence-corrected chi connectivity index (χ4v) is 2.27. The number of aliphatic imine (C=N–C) groups is 1. The van der Waals surface area contributed by atoms with Crippen molar-refractivity contribution in [2.45, 2.75) is 20.3 Å². The van der Waals surface area contributed by atoms with E-state index in [-0.39, 0.29) is 0 Å². The van der Waals surface area contributed by atoms with E-state index in [2.05, 4.69) is 29.1 Å². The molecule has 0 spiro atoms. The minimum absolute atomic E-state index is 0.986. The highest BCUT2D eigenvalue weighted by atomic mass is 32.2. The van der Waals surface area contributed by atoms with Crippen LogP contribution in [0.4, 0.5) is 0 Å². The van der Waals surface area contributed by atoms with Gasteiger partial charge in [-0.1, -0.05) is 25.6 Å². The molecule has 82 valence electrons. The molecule has 0 amide bonds. The number of amidine groups is 1. The highest BCUT2D eigenvalue weighted by molar-refractivity contribution is 8.14. The van der Waals surface area contributed by atoms with Crippen LogP contribution >= 0.6 is 11.8 Å². The van der Waals surface area contributed by atoms with Gasteiger partial charge in [0.15, 0.2) is 5.17 Å². The Morgan fingerprint density at radius 3 is 2.86 bits per heavy atom. The lowest BCUT2D eigenvalue weighted by molar-refractivity contribution is 0.293. The molecule has 0 saturated heterocycles. The molecule has 0 aromatic heterocycles. The molecule has 0 bridgehead atoms. The molecule has 0 fully saturated rings. The quantitative estimate of drug-likeness (QED) is 0.726. The van der Waals surface area contributed by atoms with Crippen molar-refractivity contribution in [3.63, 3.8) is 0 Å². The Morgan fingerprint density at radius 2 is 2.29 bits per heavy atom. The van der Waals surface area contributed by atoms with Gasteiger partial charge < -0.3 is 10.2 Å². The van der Waals surface area contributed by atoms with E-state index in [1.807, 2.05) is 11.8 Å². The van der Waals surface area contributed by atoms with Crippen molar-refractivity contribution in [2.24, 2.45) is 4.99 Å². The molecule has 0 atom stereocenters. The van der Waals surface area contributed by atoms with Crippen LogP contribution in [0.25, 0.3) is 0 Å². The number of nitrogens with one attached hydrogen (secondary N) is 1. The van der Waals surface area contributed by atoms with Crippen LogP contribution in [0.1, 0.15) is 20.3 Å². The van der Waals surface area contributed by atoms with Crippen LogP contribution in [0.2, 0.25) is 0 Å². The minimum Gasteiger partial charge on any atom is -0.364 e. The van der Waals surface area contributed by atoms with Crippen LogP contribution in [-0.4, -0.2) is 48.5 Å². The van der Waals surface area contributed by atoms with Crippen molar-refractivity contribution in [2.75, 3.05) is 38.5 Å². The maximum atomic E-state index is 4.35. The predicted octanol–water partition coefficient (Wildman–Crippen LogP) is 1.41. The Hall–Kier alpha value is -0.220. The van der Waals surface area contributed by atoms with Crippen LogP contribution in [-0.2, 0) is 0 Å². The monoisotopic (exact) mass is 215 g/mol. The third-order valence-electron chi connectivity index (χ3n) is 2.28. The summed E-state index contributed by atoms with van der Waals surface area (Å²) in [6.07, 6.45) is 1.24. The van der Waals surface area contributed by atoms with Crippen molar-refractivity contribution in [3.8, 4) is 0 Å². The second-order valence-electron chi connectivity index (χ2n) is 3.40. The Kier molecular flexibility index (Phi) is 6.03. The van der Waals surface area contributed by atoms with Gasteiger partial charge in [0.2, 0.25) is 0 Å². The molecule has 1 heterocycles. The van der Waals surface area contributed by atoms with Gasteiger partial charge in [0.05, 0.1) is 6.54 Å². The van der Waals surface area contributed by atoms with Crippen LogP contribution in [0.15, 0.2) is 4.99 Å². The second-order valence-corrected chi connectivity index (χ2v) is 4.48. The molecule has 14 heavy (non-hydrogen) atoms. The van der Waals surface area contributed by atoms with E-state index in [0.717, 1.165) is 37.1 Å². The molecule has 0 aromatic rings. The summed E-state index contributed by atoms with van der Waals surface area (Å²) in [5, 5.41) is 4.51. The van der Waals surface area contributed by atoms with E-state index in [4.69, 9.17) is 0 Å². The first kappa shape index (κ1) is 11.9. The van der Waals surface area contributed by atoms with E-state index in [9.17, 15) is 0 Å². The second kappa shape index (κ2) is 7.12. The van der Waals surface area contributed by atoms with Gasteiger partial charge >= 0.3 is 0 Å². The summed E-state index contributed by atoms with van der Waals surface area (Å²) < 4.78 is 0. The average Bonchev–Trinajstić information content (AvgIpc) is 2.69. The van der Waals surface area contributed by atoms with Gasteiger partial charge in [-0.3, -0.25) is 4.99 Å². The summed E-state index contributed by atoms with van der Waals surface area (Å²) >= 11 is 1.84. The third-order valence-corrected chi connectivity index (χ3v) is 3.21. The zero-order valence-electron chi connectivity index (χ0n) is 9.25. The number of likely N-dealkylation sites (N-methyl/N-ethyl adjacent to an activating group) is 1. The van der Waals surface area contributed by atoms with Crippen LogP contribution < -0.4 is 5.32 Å². The van der Waals surface area contributed by atoms with Gasteiger partial charge in [0.1, 0.15) is 0 Å². The molecule has 4 heteroatoms. The first-order chi connectivity index (χ1) is 6.86. The zero-order valence-corrected chi connectivity index (χ0v) is 10.1. The Labute approximate surface area is 91.3 Å². The highest BCUT2D eigenvalue weighted by Crippen LogP contribution is 2.08. The van der Waals surface area contributed by atoms with Crippen molar-refractivity contribution >= 4 is 16.9 Å². The van der Waals surface area contributed by atoms with Gasteiger partial charge in [-0.05, 0) is 19.5 Å². The Bertz CT molecular complexity index is 182. The molecule has 0 aromatic carbocycles. The van der Waals surface area contributed by atoms with E-state index >= 15 is 0 Å². The number of hydrogen-bond donors (Lipinski definition) is 1. The van der Waals surface area contributed by atoms with Gasteiger partial charge in [-0.25, -0.2) is 0 Å². The average molecular weight is 215 g/mol. The van der Waals surface area contributed by atoms with Crippen LogP contribution in [0.5, 0.6) is 0 Å². The first-order valence-electron chi connectivity index (χ1n) is 5.50. The number of nitrogens with zero attached hydrogens (tertiary/aromatic N) is 2. The lowest BCUT2D eigenvalue weighted by Crippen LogP contribution is -2.34. The molecule has 0 aliphatic carbocycles. The van der Waals surface area contributed by atoms with E-state index < -0.39 is 0 Å². The lowest BCUT2D eigenvalue weighted by atomic mass is 10.4. The largest absolute Gasteiger partial charge is 0.364 e. The normalized spacial score (nSPS) is 16.1. The number of thioether (sulfide) groups is 1. The summed E-state index contributed by atoms with van der Waals surface area (Å²) in [6, 6.07) is 0. The maximum Gasteiger partial charge on any atom is 0.156 e. The number of rotatable bonds is 6. The molecule has 1 aliphatic rings. The summed E-state index contributed by atoms with van der Waals surface area (Å²) in [6.45, 7) is 9.94. The molecule has 1 N–H and O–H groups in total. The SMILES string of the molecule is CCCN(CC)CCNC1=NCCS1. The van der Waals surface area contributed by atoms with Crippen molar-refractivity contribution < 1.29 is 0 Å². The molecular formula is C10H21N3S. The van der Waals surface area contributed by atoms with Gasteiger partial charge in [-0.15, -0.1) is 0 Å². The molecule has 1 rings (SSSR count). The lowest BCUT2D eigenvalue weighted by Gasteiger charge is -2.19. The Balaban J connectivity index is 2.06. The highest BCUT2D eigenvalue weighted by Gasteiger charge is 2.06. The van der Waals surface area contributed by atoms with Gasteiger partial charge in [0, 0.05) is 18.8 Å². The van der Waals surface area contributed by atoms with Crippen molar-refractivity contribution in [1.82, 2.24) is 10.2 Å². The summed E-state index contributed by atoms with van der Waals surface area (Å²) in [4.78, 5) is 6.82. The van der Waals surface area contributed by atoms with Crippen molar-refractivity contribution in [3.05, 3.63) is 0 Å². The minimum atomic E-state index is 0.986. The standard InChI is InChI=1S/C10H21N3S/c1-3-7-13(4-2)8-5-11-10-12-6-9-14-10/h3-9H2,1-2H3,(H,11,12). The summed E-state index contributed by atoms with van der Waals surface area (Å²) in [5.41, 5.74) is 0. The van der Waals surface area contributed by atoms with E-state index in [1.54, 1.807) is 0 Å². The summed E-state index contributed by atoms with van der Waals surface area (Å²) in [5.74, 6) is 1.15. The Morgan fingerprint density at radius 1 is 1.43 bits per heavy atom. The fraction of sp³-hybridized carbons (Fsp3) is 0.900. The molecule has 0 unspecified atom stereocenters. The molecule has 1 aliphatic heterocycles.